The first-order valence-corrected chi connectivity index (χ1v) is 20.8. The summed E-state index contributed by atoms with van der Waals surface area (Å²) in [4.78, 5) is 30.0. The molecule has 2 heterocycles. The first-order valence-electron chi connectivity index (χ1n) is 20.0. The summed E-state index contributed by atoms with van der Waals surface area (Å²) in [7, 11) is 0. The van der Waals surface area contributed by atoms with Crippen LogP contribution in [-0.4, -0.2) is 54.8 Å². The van der Waals surface area contributed by atoms with Crippen molar-refractivity contribution in [3.05, 3.63) is 130 Å². The highest BCUT2D eigenvalue weighted by atomic mass is 35.5. The molecule has 0 atom stereocenters. The van der Waals surface area contributed by atoms with Crippen LogP contribution in [0.1, 0.15) is 84.0 Å². The number of pyridine rings is 1. The SMILES string of the molecule is CCCCCC=CCC=CCC=CCC=CCC=CCCC(=O)OCn1c(=O)ccc2ccc(OCCCCN3CCN(c4cccc(Cl)c4Cl)CC3)cc21. The zero-order chi connectivity index (χ0) is 38.9. The molecule has 0 radical (unpaired) electrons. The van der Waals surface area contributed by atoms with Crippen molar-refractivity contribution in [3.8, 4) is 5.75 Å². The van der Waals surface area contributed by atoms with E-state index in [4.69, 9.17) is 32.7 Å². The molecule has 0 spiro atoms. The van der Waals surface area contributed by atoms with E-state index in [0.29, 0.717) is 34.3 Å². The number of rotatable bonds is 24. The van der Waals surface area contributed by atoms with E-state index < -0.39 is 0 Å². The lowest BCUT2D eigenvalue weighted by molar-refractivity contribution is -0.147. The first-order chi connectivity index (χ1) is 27.0. The van der Waals surface area contributed by atoms with Crippen molar-refractivity contribution < 1.29 is 14.3 Å². The van der Waals surface area contributed by atoms with E-state index in [-0.39, 0.29) is 24.7 Å². The number of allylic oxidation sites excluding steroid dienone is 10. The molecule has 1 aliphatic rings. The van der Waals surface area contributed by atoms with Crippen molar-refractivity contribution in [3.63, 3.8) is 0 Å². The van der Waals surface area contributed by atoms with Crippen molar-refractivity contribution in [2.75, 3.05) is 44.2 Å². The van der Waals surface area contributed by atoms with Crippen LogP contribution in [0.3, 0.4) is 0 Å². The van der Waals surface area contributed by atoms with Crippen LogP contribution in [0.25, 0.3) is 10.9 Å². The van der Waals surface area contributed by atoms with E-state index in [0.717, 1.165) is 82.3 Å². The van der Waals surface area contributed by atoms with Gasteiger partial charge in [-0.1, -0.05) is 110 Å². The number of hydrogen-bond acceptors (Lipinski definition) is 6. The minimum atomic E-state index is -0.339. The highest BCUT2D eigenvalue weighted by molar-refractivity contribution is 6.43. The third-order valence-electron chi connectivity index (χ3n) is 9.51. The lowest BCUT2D eigenvalue weighted by Crippen LogP contribution is -2.46. The molecular weight excluding hydrogens is 729 g/mol. The van der Waals surface area contributed by atoms with Gasteiger partial charge in [0.2, 0.25) is 0 Å². The van der Waals surface area contributed by atoms with Gasteiger partial charge in [-0.2, -0.15) is 0 Å². The monoisotopic (exact) mass is 787 g/mol. The number of carbonyl (C=O) groups excluding carboxylic acids is 1. The molecule has 296 valence electrons. The molecule has 1 fully saturated rings. The summed E-state index contributed by atoms with van der Waals surface area (Å²) in [5.74, 6) is 0.345. The van der Waals surface area contributed by atoms with E-state index in [1.165, 1.54) is 36.3 Å². The third kappa shape index (κ3) is 16.3. The van der Waals surface area contributed by atoms with Crippen LogP contribution >= 0.6 is 23.2 Å². The van der Waals surface area contributed by atoms with Gasteiger partial charge in [0.1, 0.15) is 5.75 Å². The molecule has 0 N–H and O–H groups in total. The zero-order valence-electron chi connectivity index (χ0n) is 32.6. The minimum absolute atomic E-state index is 0.138. The quantitative estimate of drug-likeness (QED) is 0.0512. The van der Waals surface area contributed by atoms with E-state index in [2.05, 4.69) is 71.4 Å². The van der Waals surface area contributed by atoms with Crippen molar-refractivity contribution in [1.29, 1.82) is 0 Å². The number of benzene rings is 2. The van der Waals surface area contributed by atoms with Gasteiger partial charge in [-0.3, -0.25) is 19.1 Å². The van der Waals surface area contributed by atoms with Crippen LogP contribution in [-0.2, 0) is 16.3 Å². The molecule has 1 aliphatic heterocycles. The van der Waals surface area contributed by atoms with E-state index >= 15 is 0 Å². The summed E-state index contributed by atoms with van der Waals surface area (Å²) in [6.07, 6.45) is 33.3. The van der Waals surface area contributed by atoms with Gasteiger partial charge in [-0.15, -0.1) is 0 Å². The molecule has 0 unspecified atom stereocenters. The molecule has 0 bridgehead atoms. The van der Waals surface area contributed by atoms with Gasteiger partial charge in [0.15, 0.2) is 6.73 Å². The number of aromatic nitrogens is 1. The molecule has 7 nitrogen and oxygen atoms in total. The van der Waals surface area contributed by atoms with Crippen LogP contribution in [0.2, 0.25) is 10.0 Å². The number of anilines is 1. The Hall–Kier alpha value is -4.04. The second kappa shape index (κ2) is 25.9. The summed E-state index contributed by atoms with van der Waals surface area (Å²) in [5.41, 5.74) is 1.45. The average molecular weight is 789 g/mol. The lowest BCUT2D eigenvalue weighted by atomic mass is 10.2. The highest BCUT2D eigenvalue weighted by Crippen LogP contribution is 2.33. The summed E-state index contributed by atoms with van der Waals surface area (Å²) in [6, 6.07) is 14.8. The second-order valence-electron chi connectivity index (χ2n) is 13.8. The Kier molecular flexibility index (Phi) is 20.6. The molecule has 55 heavy (non-hydrogen) atoms. The van der Waals surface area contributed by atoms with Crippen molar-refractivity contribution in [2.24, 2.45) is 0 Å². The van der Waals surface area contributed by atoms with Gasteiger partial charge in [-0.25, -0.2) is 0 Å². The number of unbranched alkanes of at least 4 members (excludes halogenated alkanes) is 4. The molecule has 4 rings (SSSR count). The van der Waals surface area contributed by atoms with Gasteiger partial charge in [0, 0.05) is 44.7 Å². The standard InChI is InChI=1S/C46H59Cl2N3O4/c1-2-3-4-5-6-7-8-9-10-11-12-13-14-15-16-17-18-19-20-26-45(53)55-38-51-43-37-40(29-27-39(43)28-30-44(51)52)54-36-22-21-31-49-32-34-50(35-33-49)42-25-23-24-41(47)46(42)48/h6-7,9-10,12-13,15-16,18-19,23-25,27-30,37H,2-5,8,11,14,17,20-22,26,31-36,38H2,1H3. The second-order valence-corrected chi connectivity index (χ2v) is 14.5. The van der Waals surface area contributed by atoms with E-state index in [1.807, 2.05) is 42.5 Å². The Morgan fingerprint density at radius 3 is 2.09 bits per heavy atom. The van der Waals surface area contributed by atoms with Gasteiger partial charge >= 0.3 is 5.97 Å². The molecule has 1 aromatic heterocycles. The molecule has 1 saturated heterocycles. The Labute approximate surface area is 338 Å². The Morgan fingerprint density at radius 1 is 0.745 bits per heavy atom. The largest absolute Gasteiger partial charge is 0.494 e. The van der Waals surface area contributed by atoms with Crippen molar-refractivity contribution >= 4 is 45.8 Å². The first kappa shape index (κ1) is 43.7. The smallest absolute Gasteiger partial charge is 0.307 e. The summed E-state index contributed by atoms with van der Waals surface area (Å²) < 4.78 is 13.1. The summed E-state index contributed by atoms with van der Waals surface area (Å²) in [5, 5.41) is 2.08. The van der Waals surface area contributed by atoms with Crippen molar-refractivity contribution in [1.82, 2.24) is 9.47 Å². The topological polar surface area (TPSA) is 64.0 Å². The Balaban J connectivity index is 1.08. The number of carbonyl (C=O) groups is 1. The molecule has 0 saturated carbocycles. The molecule has 0 aliphatic carbocycles. The number of halogens is 2. The molecular formula is C46H59Cl2N3O4. The van der Waals surface area contributed by atoms with Crippen molar-refractivity contribution in [2.45, 2.75) is 90.7 Å². The fourth-order valence-electron chi connectivity index (χ4n) is 6.31. The lowest BCUT2D eigenvalue weighted by Gasteiger charge is -2.36. The summed E-state index contributed by atoms with van der Waals surface area (Å²) >= 11 is 12.6. The summed E-state index contributed by atoms with van der Waals surface area (Å²) in [6.45, 7) is 7.44. The number of ether oxygens (including phenoxy) is 2. The third-order valence-corrected chi connectivity index (χ3v) is 10.3. The van der Waals surface area contributed by atoms with Crippen LogP contribution in [0.15, 0.2) is 114 Å². The van der Waals surface area contributed by atoms with Gasteiger partial charge in [0.05, 0.1) is 27.9 Å². The zero-order valence-corrected chi connectivity index (χ0v) is 34.1. The van der Waals surface area contributed by atoms with Crippen LogP contribution in [0, 0.1) is 0 Å². The number of esters is 1. The number of piperazine rings is 1. The average Bonchev–Trinajstić information content (AvgIpc) is 3.19. The predicted molar refractivity (Wildman–Crippen MR) is 232 cm³/mol. The van der Waals surface area contributed by atoms with Crippen LogP contribution in [0.5, 0.6) is 5.75 Å². The van der Waals surface area contributed by atoms with E-state index in [9.17, 15) is 9.59 Å². The molecule has 2 aromatic carbocycles. The molecule has 3 aromatic rings. The Morgan fingerprint density at radius 2 is 1.40 bits per heavy atom. The fraction of sp³-hybridized carbons (Fsp3) is 0.435. The minimum Gasteiger partial charge on any atom is -0.494 e. The predicted octanol–water partition coefficient (Wildman–Crippen LogP) is 11.5. The maximum atomic E-state index is 12.8. The molecule has 0 amide bonds. The number of fused-ring (bicyclic) bond motifs is 1. The van der Waals surface area contributed by atoms with Crippen LogP contribution < -0.4 is 15.2 Å². The number of nitrogens with zero attached hydrogens (tertiary/aromatic N) is 3. The maximum Gasteiger partial charge on any atom is 0.307 e. The van der Waals surface area contributed by atoms with Gasteiger partial charge < -0.3 is 14.4 Å². The number of hydrogen-bond donors (Lipinski definition) is 0. The van der Waals surface area contributed by atoms with Gasteiger partial charge in [-0.05, 0) is 100 Å². The Bertz CT molecular complexity index is 1800. The maximum absolute atomic E-state index is 12.8. The van der Waals surface area contributed by atoms with E-state index in [1.54, 1.807) is 6.07 Å². The fourth-order valence-corrected chi connectivity index (χ4v) is 6.72. The van der Waals surface area contributed by atoms with Crippen LogP contribution in [0.4, 0.5) is 5.69 Å². The highest BCUT2D eigenvalue weighted by Gasteiger charge is 2.19. The normalized spacial score (nSPS) is 14.2. The van der Waals surface area contributed by atoms with Gasteiger partial charge in [0.25, 0.3) is 5.56 Å². The molecule has 9 heteroatoms.